The van der Waals surface area contributed by atoms with E-state index in [9.17, 15) is 9.90 Å². The normalized spacial score (nSPS) is 32.0. The van der Waals surface area contributed by atoms with E-state index in [4.69, 9.17) is 4.99 Å². The Morgan fingerprint density at radius 1 is 1.40 bits per heavy atom. The molecule has 1 N–H and O–H groups in total. The summed E-state index contributed by atoms with van der Waals surface area (Å²) < 4.78 is 0. The first-order valence-corrected chi connectivity index (χ1v) is 7.83. The van der Waals surface area contributed by atoms with Gasteiger partial charge in [-0.25, -0.2) is 0 Å². The Labute approximate surface area is 120 Å². The van der Waals surface area contributed by atoms with Crippen molar-refractivity contribution in [2.75, 3.05) is 7.05 Å². The Bertz CT molecular complexity index is 501. The van der Waals surface area contributed by atoms with Crippen molar-refractivity contribution in [2.45, 2.75) is 64.0 Å². The van der Waals surface area contributed by atoms with E-state index in [1.807, 2.05) is 18.9 Å². The van der Waals surface area contributed by atoms with E-state index in [0.29, 0.717) is 5.57 Å². The maximum atomic E-state index is 12.5. The Morgan fingerprint density at radius 3 is 2.65 bits per heavy atom. The van der Waals surface area contributed by atoms with Gasteiger partial charge in [-0.2, -0.15) is 0 Å². The number of rotatable bonds is 2. The zero-order chi connectivity index (χ0) is 14.5. The van der Waals surface area contributed by atoms with Crippen LogP contribution in [0.15, 0.2) is 16.3 Å². The number of nitrogens with zero attached hydrogens (tertiary/aromatic N) is 2. The number of aliphatic hydroxyl groups is 1. The van der Waals surface area contributed by atoms with Gasteiger partial charge >= 0.3 is 0 Å². The number of likely N-dealkylation sites (N-methyl/N-ethyl adjacent to an activating group) is 1. The maximum Gasteiger partial charge on any atom is 0.259 e. The van der Waals surface area contributed by atoms with Crippen LogP contribution in [0.5, 0.6) is 0 Å². The van der Waals surface area contributed by atoms with E-state index in [0.717, 1.165) is 44.2 Å². The largest absolute Gasteiger partial charge is 0.511 e. The number of aliphatic hydroxyl groups excluding tert-OH is 1. The van der Waals surface area contributed by atoms with Crippen LogP contribution in [0.4, 0.5) is 0 Å². The minimum absolute atomic E-state index is 0.0371. The van der Waals surface area contributed by atoms with Gasteiger partial charge in [0.2, 0.25) is 0 Å². The quantitative estimate of drug-likeness (QED) is 0.843. The van der Waals surface area contributed by atoms with E-state index in [2.05, 4.69) is 6.92 Å². The molecule has 0 aromatic heterocycles. The predicted octanol–water partition coefficient (Wildman–Crippen LogP) is 2.84. The van der Waals surface area contributed by atoms with Gasteiger partial charge in [0.1, 0.15) is 11.3 Å². The Morgan fingerprint density at radius 2 is 2.05 bits per heavy atom. The Hall–Kier alpha value is -1.32. The molecule has 4 nitrogen and oxygen atoms in total. The average Bonchev–Trinajstić information content (AvgIpc) is 2.99. The molecule has 0 radical (unpaired) electrons. The number of hydrogen-bond acceptors (Lipinski definition) is 3. The van der Waals surface area contributed by atoms with Gasteiger partial charge in [0, 0.05) is 13.0 Å². The molecule has 3 rings (SSSR count). The van der Waals surface area contributed by atoms with Gasteiger partial charge in [-0.1, -0.05) is 33.1 Å². The van der Waals surface area contributed by atoms with E-state index in [1.165, 1.54) is 0 Å². The summed E-state index contributed by atoms with van der Waals surface area (Å²) in [6.07, 6.45) is 6.26. The first-order chi connectivity index (χ1) is 9.53. The van der Waals surface area contributed by atoms with Crippen LogP contribution in [0, 0.1) is 5.92 Å². The smallest absolute Gasteiger partial charge is 0.259 e. The summed E-state index contributed by atoms with van der Waals surface area (Å²) in [6.45, 7) is 4.12. The van der Waals surface area contributed by atoms with E-state index in [-0.39, 0.29) is 29.2 Å². The van der Waals surface area contributed by atoms with Crippen LogP contribution >= 0.6 is 0 Å². The highest BCUT2D eigenvalue weighted by atomic mass is 16.3. The summed E-state index contributed by atoms with van der Waals surface area (Å²) in [5.74, 6) is 0.196. The van der Waals surface area contributed by atoms with Gasteiger partial charge in [0.15, 0.2) is 0 Å². The molecule has 4 heteroatoms. The fourth-order valence-corrected chi connectivity index (χ4v) is 4.10. The molecule has 1 aliphatic carbocycles. The van der Waals surface area contributed by atoms with E-state index >= 15 is 0 Å². The van der Waals surface area contributed by atoms with Crippen molar-refractivity contribution in [1.29, 1.82) is 0 Å². The van der Waals surface area contributed by atoms with Crippen molar-refractivity contribution in [3.8, 4) is 0 Å². The molecule has 0 bridgehead atoms. The number of hydrogen-bond donors (Lipinski definition) is 1. The number of fused-ring (bicyclic) bond motifs is 2. The van der Waals surface area contributed by atoms with Gasteiger partial charge in [-0.15, -0.1) is 0 Å². The Balaban J connectivity index is 2.11. The van der Waals surface area contributed by atoms with Gasteiger partial charge in [-0.05, 0) is 19.3 Å². The highest BCUT2D eigenvalue weighted by molar-refractivity contribution is 6.31. The molecular formula is C16H24N2O2. The molecule has 2 aliphatic heterocycles. The number of amides is 1. The minimum Gasteiger partial charge on any atom is -0.511 e. The van der Waals surface area contributed by atoms with Crippen molar-refractivity contribution in [3.05, 3.63) is 11.3 Å². The third kappa shape index (κ3) is 1.60. The zero-order valence-corrected chi connectivity index (χ0v) is 12.6. The topological polar surface area (TPSA) is 52.9 Å². The average molecular weight is 276 g/mol. The number of likely N-dealkylation sites (tertiary alicyclic amines) is 1. The number of carbonyl (C=O) groups excluding carboxylic acids is 1. The van der Waals surface area contributed by atoms with E-state index < -0.39 is 0 Å². The lowest BCUT2D eigenvalue weighted by Crippen LogP contribution is -2.46. The van der Waals surface area contributed by atoms with Crippen molar-refractivity contribution in [1.82, 2.24) is 4.90 Å². The van der Waals surface area contributed by atoms with Crippen LogP contribution in [0.1, 0.15) is 52.4 Å². The van der Waals surface area contributed by atoms with Gasteiger partial charge in [-0.3, -0.25) is 9.79 Å². The van der Waals surface area contributed by atoms with Gasteiger partial charge in [0.25, 0.3) is 5.91 Å². The fourth-order valence-electron chi connectivity index (χ4n) is 4.10. The summed E-state index contributed by atoms with van der Waals surface area (Å²) in [6, 6.07) is 0.121. The molecule has 1 spiro atoms. The molecule has 1 saturated heterocycles. The van der Waals surface area contributed by atoms with Gasteiger partial charge in [0.05, 0.1) is 17.3 Å². The molecule has 0 aromatic rings. The van der Waals surface area contributed by atoms with Crippen molar-refractivity contribution in [3.63, 3.8) is 0 Å². The SMILES string of the molecule is CCCC1N=C2C(=C(O)C1C)C(=O)N(C)C21CCCC1. The van der Waals surface area contributed by atoms with Crippen LogP contribution in [0.3, 0.4) is 0 Å². The van der Waals surface area contributed by atoms with Crippen LogP contribution in [0.25, 0.3) is 0 Å². The molecule has 1 saturated carbocycles. The zero-order valence-electron chi connectivity index (χ0n) is 12.6. The second-order valence-corrected chi connectivity index (χ2v) is 6.49. The Kier molecular flexibility index (Phi) is 3.14. The van der Waals surface area contributed by atoms with Crippen LogP contribution in [0.2, 0.25) is 0 Å². The van der Waals surface area contributed by atoms with Crippen molar-refractivity contribution >= 4 is 11.6 Å². The molecule has 2 fully saturated rings. The van der Waals surface area contributed by atoms with Gasteiger partial charge < -0.3 is 10.0 Å². The lowest BCUT2D eigenvalue weighted by Gasteiger charge is -2.34. The highest BCUT2D eigenvalue weighted by Crippen LogP contribution is 2.46. The lowest BCUT2D eigenvalue weighted by atomic mass is 9.83. The van der Waals surface area contributed by atoms with Crippen LogP contribution in [-0.2, 0) is 4.79 Å². The molecule has 2 unspecified atom stereocenters. The molecule has 2 atom stereocenters. The molecule has 2 heterocycles. The summed E-state index contributed by atoms with van der Waals surface area (Å²) in [4.78, 5) is 19.3. The number of carbonyl (C=O) groups is 1. The van der Waals surface area contributed by atoms with E-state index in [1.54, 1.807) is 0 Å². The third-order valence-corrected chi connectivity index (χ3v) is 5.41. The van der Waals surface area contributed by atoms with Crippen LogP contribution < -0.4 is 0 Å². The minimum atomic E-state index is -0.230. The lowest BCUT2D eigenvalue weighted by molar-refractivity contribution is -0.127. The standard InChI is InChI=1S/C16H24N2O2/c1-4-7-11-10(2)13(19)12-14(17-11)16(8-5-6-9-16)18(3)15(12)20/h10-11,19H,4-9H2,1-3H3. The number of aliphatic imine (C=N–C) groups is 1. The second-order valence-electron chi connectivity index (χ2n) is 6.49. The van der Waals surface area contributed by atoms with Crippen LogP contribution in [-0.4, -0.2) is 40.3 Å². The molecule has 3 aliphatic rings. The van der Waals surface area contributed by atoms with Crippen molar-refractivity contribution < 1.29 is 9.90 Å². The van der Waals surface area contributed by atoms with Crippen molar-refractivity contribution in [2.24, 2.45) is 10.9 Å². The highest BCUT2D eigenvalue weighted by Gasteiger charge is 2.56. The first-order valence-electron chi connectivity index (χ1n) is 7.83. The third-order valence-electron chi connectivity index (χ3n) is 5.41. The monoisotopic (exact) mass is 276 g/mol. The molecule has 20 heavy (non-hydrogen) atoms. The summed E-state index contributed by atoms with van der Waals surface area (Å²) >= 11 is 0. The molecule has 1 amide bonds. The summed E-state index contributed by atoms with van der Waals surface area (Å²) in [5, 5.41) is 10.5. The summed E-state index contributed by atoms with van der Waals surface area (Å²) in [7, 11) is 1.87. The predicted molar refractivity (Wildman–Crippen MR) is 78.9 cm³/mol. The summed E-state index contributed by atoms with van der Waals surface area (Å²) in [5.41, 5.74) is 1.16. The maximum absolute atomic E-state index is 12.5. The molecule has 110 valence electrons. The fraction of sp³-hybridized carbons (Fsp3) is 0.750. The molecule has 0 aromatic carbocycles. The first kappa shape index (κ1) is 13.7. The second kappa shape index (κ2) is 4.61. The molecular weight excluding hydrogens is 252 g/mol. The number of dihydropyridines is 1.